The molecule has 1 aromatic rings. The van der Waals surface area contributed by atoms with Gasteiger partial charge in [0.15, 0.2) is 5.82 Å². The molecule has 2 rings (SSSR count). The van der Waals surface area contributed by atoms with Crippen LogP contribution in [0.1, 0.15) is 37.3 Å². The molecule has 4 nitrogen and oxygen atoms in total. The summed E-state index contributed by atoms with van der Waals surface area (Å²) in [6.45, 7) is 7.12. The van der Waals surface area contributed by atoms with Crippen molar-refractivity contribution in [2.45, 2.75) is 26.7 Å². The van der Waals surface area contributed by atoms with Crippen molar-refractivity contribution in [2.75, 3.05) is 19.6 Å². The molecular formula is C15H23N3O. The molecule has 1 atom stereocenters. The van der Waals surface area contributed by atoms with Crippen LogP contribution in [0.15, 0.2) is 24.0 Å². The highest BCUT2D eigenvalue weighted by atomic mass is 16.1. The molecule has 1 aromatic heterocycles. The first-order chi connectivity index (χ1) is 9.08. The second-order valence-corrected chi connectivity index (χ2v) is 5.61. The first-order valence-electron chi connectivity index (χ1n) is 6.95. The Morgan fingerprint density at radius 3 is 2.95 bits per heavy atom. The van der Waals surface area contributed by atoms with Crippen molar-refractivity contribution in [1.82, 2.24) is 14.5 Å². The highest BCUT2D eigenvalue weighted by molar-refractivity contribution is 5.94. The number of carbonyl (C=O) groups excluding carboxylic acids is 1. The number of aryl methyl sites for hydroxylation is 1. The quantitative estimate of drug-likeness (QED) is 0.616. The summed E-state index contributed by atoms with van der Waals surface area (Å²) in [5.41, 5.74) is 1.33. The Bertz CT molecular complexity index is 471. The van der Waals surface area contributed by atoms with Gasteiger partial charge in [-0.25, -0.2) is 4.98 Å². The van der Waals surface area contributed by atoms with Gasteiger partial charge in [0, 0.05) is 38.4 Å². The van der Waals surface area contributed by atoms with Crippen LogP contribution in [0.25, 0.3) is 0 Å². The van der Waals surface area contributed by atoms with Crippen molar-refractivity contribution < 1.29 is 4.79 Å². The number of ketones is 1. The lowest BCUT2D eigenvalue weighted by Gasteiger charge is -2.31. The van der Waals surface area contributed by atoms with Crippen LogP contribution in [-0.4, -0.2) is 39.9 Å². The number of Topliss-reactive ketones (excluding diaryl/α,β-unsaturated/α-hetero) is 1. The highest BCUT2D eigenvalue weighted by Crippen LogP contribution is 2.20. The van der Waals surface area contributed by atoms with E-state index in [1.807, 2.05) is 17.8 Å². The lowest BCUT2D eigenvalue weighted by atomic mass is 9.93. The standard InChI is InChI=1S/C15H23N3O/c1-12(2)6-9-18-8-4-5-13(11-18)14(19)15-16-7-10-17(15)3/h6-7,10,13H,4-5,8-9,11H2,1-3H3/t13-/m1/s1. The van der Waals surface area contributed by atoms with Crippen molar-refractivity contribution in [1.29, 1.82) is 0 Å². The van der Waals surface area contributed by atoms with Crippen LogP contribution in [0.2, 0.25) is 0 Å². The maximum Gasteiger partial charge on any atom is 0.202 e. The molecule has 0 bridgehead atoms. The minimum Gasteiger partial charge on any atom is -0.332 e. The summed E-state index contributed by atoms with van der Waals surface area (Å²) in [4.78, 5) is 19.0. The van der Waals surface area contributed by atoms with E-state index in [1.54, 1.807) is 6.20 Å². The largest absolute Gasteiger partial charge is 0.332 e. The first kappa shape index (κ1) is 14.0. The van der Waals surface area contributed by atoms with Crippen molar-refractivity contribution in [2.24, 2.45) is 13.0 Å². The number of piperidine rings is 1. The Morgan fingerprint density at radius 1 is 1.53 bits per heavy atom. The van der Waals surface area contributed by atoms with Gasteiger partial charge in [-0.1, -0.05) is 11.6 Å². The van der Waals surface area contributed by atoms with E-state index in [2.05, 4.69) is 29.8 Å². The van der Waals surface area contributed by atoms with Crippen molar-refractivity contribution in [3.8, 4) is 0 Å². The Morgan fingerprint density at radius 2 is 2.32 bits per heavy atom. The molecule has 0 saturated carbocycles. The van der Waals surface area contributed by atoms with E-state index in [0.29, 0.717) is 5.82 Å². The lowest BCUT2D eigenvalue weighted by molar-refractivity contribution is 0.0817. The number of hydrogen-bond donors (Lipinski definition) is 0. The normalized spacial score (nSPS) is 20.3. The van der Waals surface area contributed by atoms with Gasteiger partial charge in [0.05, 0.1) is 0 Å². The van der Waals surface area contributed by atoms with Gasteiger partial charge in [0.1, 0.15) is 0 Å². The van der Waals surface area contributed by atoms with Crippen molar-refractivity contribution in [3.05, 3.63) is 29.9 Å². The van der Waals surface area contributed by atoms with E-state index in [9.17, 15) is 4.79 Å². The predicted molar refractivity (Wildman–Crippen MR) is 76.1 cm³/mol. The number of imidazole rings is 1. The SMILES string of the molecule is CC(C)=CCN1CCC[C@@H](C(=O)c2nccn2C)C1. The van der Waals surface area contributed by atoms with Crippen LogP contribution >= 0.6 is 0 Å². The summed E-state index contributed by atoms with van der Waals surface area (Å²) in [6.07, 6.45) is 7.83. The number of carbonyl (C=O) groups is 1. The molecule has 1 aliphatic rings. The van der Waals surface area contributed by atoms with Gasteiger partial charge < -0.3 is 4.57 Å². The Labute approximate surface area is 115 Å². The van der Waals surface area contributed by atoms with E-state index in [0.717, 1.165) is 32.5 Å². The van der Waals surface area contributed by atoms with Crippen molar-refractivity contribution in [3.63, 3.8) is 0 Å². The molecule has 0 N–H and O–H groups in total. The Kier molecular flexibility index (Phi) is 4.53. The molecule has 0 radical (unpaired) electrons. The maximum absolute atomic E-state index is 12.4. The number of allylic oxidation sites excluding steroid dienone is 1. The number of rotatable bonds is 4. The van der Waals surface area contributed by atoms with Crippen LogP contribution < -0.4 is 0 Å². The third-order valence-electron chi connectivity index (χ3n) is 3.68. The zero-order valence-corrected chi connectivity index (χ0v) is 12.1. The van der Waals surface area contributed by atoms with E-state index >= 15 is 0 Å². The van der Waals surface area contributed by atoms with Crippen LogP contribution in [0.5, 0.6) is 0 Å². The second kappa shape index (κ2) is 6.15. The highest BCUT2D eigenvalue weighted by Gasteiger charge is 2.28. The Hall–Kier alpha value is -1.42. The average molecular weight is 261 g/mol. The molecule has 19 heavy (non-hydrogen) atoms. The van der Waals surface area contributed by atoms with Crippen molar-refractivity contribution >= 4 is 5.78 Å². The molecule has 2 heterocycles. The van der Waals surface area contributed by atoms with Gasteiger partial charge in [0.25, 0.3) is 0 Å². The number of aromatic nitrogens is 2. The summed E-state index contributed by atoms with van der Waals surface area (Å²) in [7, 11) is 1.88. The van der Waals surface area contributed by atoms with Crippen LogP contribution in [-0.2, 0) is 7.05 Å². The monoisotopic (exact) mass is 261 g/mol. The van der Waals surface area contributed by atoms with Gasteiger partial charge in [-0.05, 0) is 33.2 Å². The average Bonchev–Trinajstić information content (AvgIpc) is 2.82. The smallest absolute Gasteiger partial charge is 0.202 e. The van der Waals surface area contributed by atoms with E-state index in [-0.39, 0.29) is 11.7 Å². The van der Waals surface area contributed by atoms with Crippen LogP contribution in [0.4, 0.5) is 0 Å². The summed E-state index contributed by atoms with van der Waals surface area (Å²) in [6, 6.07) is 0. The summed E-state index contributed by atoms with van der Waals surface area (Å²) in [5, 5.41) is 0. The van der Waals surface area contributed by atoms with Gasteiger partial charge in [-0.3, -0.25) is 9.69 Å². The van der Waals surface area contributed by atoms with E-state index in [1.165, 1.54) is 5.57 Å². The molecule has 1 saturated heterocycles. The fourth-order valence-corrected chi connectivity index (χ4v) is 2.53. The van der Waals surface area contributed by atoms with Gasteiger partial charge in [-0.15, -0.1) is 0 Å². The van der Waals surface area contributed by atoms with Gasteiger partial charge >= 0.3 is 0 Å². The minimum atomic E-state index is 0.0976. The molecule has 1 aliphatic heterocycles. The molecule has 0 aromatic carbocycles. The molecule has 0 spiro atoms. The fourth-order valence-electron chi connectivity index (χ4n) is 2.53. The predicted octanol–water partition coefficient (Wildman–Crippen LogP) is 2.28. The molecule has 104 valence electrons. The van der Waals surface area contributed by atoms with E-state index < -0.39 is 0 Å². The zero-order chi connectivity index (χ0) is 13.8. The van der Waals surface area contributed by atoms with E-state index in [4.69, 9.17) is 0 Å². The molecule has 0 aliphatic carbocycles. The van der Waals surface area contributed by atoms with Gasteiger partial charge in [0.2, 0.25) is 5.78 Å². The molecule has 0 unspecified atom stereocenters. The Balaban J connectivity index is 1.99. The summed E-state index contributed by atoms with van der Waals surface area (Å²) >= 11 is 0. The summed E-state index contributed by atoms with van der Waals surface area (Å²) < 4.78 is 1.82. The topological polar surface area (TPSA) is 38.1 Å². The van der Waals surface area contributed by atoms with Crippen LogP contribution in [0.3, 0.4) is 0 Å². The zero-order valence-electron chi connectivity index (χ0n) is 12.1. The lowest BCUT2D eigenvalue weighted by Crippen LogP contribution is -2.39. The fraction of sp³-hybridized carbons (Fsp3) is 0.600. The molecule has 1 fully saturated rings. The third-order valence-corrected chi connectivity index (χ3v) is 3.68. The maximum atomic E-state index is 12.4. The first-order valence-corrected chi connectivity index (χ1v) is 6.95. The number of nitrogens with zero attached hydrogens (tertiary/aromatic N) is 3. The third kappa shape index (κ3) is 3.53. The molecule has 0 amide bonds. The second-order valence-electron chi connectivity index (χ2n) is 5.61. The van der Waals surface area contributed by atoms with Gasteiger partial charge in [-0.2, -0.15) is 0 Å². The van der Waals surface area contributed by atoms with Crippen LogP contribution in [0, 0.1) is 5.92 Å². The molecule has 4 heteroatoms. The number of likely N-dealkylation sites (tertiary alicyclic amines) is 1. The molecular weight excluding hydrogens is 238 g/mol. The minimum absolute atomic E-state index is 0.0976. The number of hydrogen-bond acceptors (Lipinski definition) is 3. The summed E-state index contributed by atoms with van der Waals surface area (Å²) in [5.74, 6) is 0.879.